The van der Waals surface area contributed by atoms with Crippen molar-refractivity contribution >= 4 is 5.91 Å². The zero-order chi connectivity index (χ0) is 22.4. The first-order valence-corrected chi connectivity index (χ1v) is 10.3. The molecule has 3 rings (SSSR count). The van der Waals surface area contributed by atoms with Crippen molar-refractivity contribution in [3.05, 3.63) is 59.8 Å². The Morgan fingerprint density at radius 3 is 2.35 bits per heavy atom. The van der Waals surface area contributed by atoms with Gasteiger partial charge in [0.15, 0.2) is 0 Å². The number of carbonyl (C=O) groups is 1. The van der Waals surface area contributed by atoms with E-state index >= 15 is 0 Å². The standard InChI is InChI=1S/C24H29N3O4/c1-16(2)25-23(28)14-13-22-17(3)26-27(18-9-11-19(29-4)12-10-18)24(22)31-21-8-6-7-20(15-21)30-5/h6-12,15-16H,13-14H2,1-5H3,(H,25,28). The first-order chi connectivity index (χ1) is 14.9. The normalized spacial score (nSPS) is 10.8. The molecule has 0 radical (unpaired) electrons. The lowest BCUT2D eigenvalue weighted by atomic mass is 10.1. The molecule has 1 N–H and O–H groups in total. The molecule has 0 aliphatic carbocycles. The highest BCUT2D eigenvalue weighted by Crippen LogP contribution is 2.33. The summed E-state index contributed by atoms with van der Waals surface area (Å²) >= 11 is 0. The van der Waals surface area contributed by atoms with E-state index in [0.717, 1.165) is 22.7 Å². The molecule has 1 amide bonds. The monoisotopic (exact) mass is 423 g/mol. The number of benzene rings is 2. The van der Waals surface area contributed by atoms with E-state index in [2.05, 4.69) is 5.32 Å². The van der Waals surface area contributed by atoms with Gasteiger partial charge in [0.1, 0.15) is 17.2 Å². The van der Waals surface area contributed by atoms with Gasteiger partial charge >= 0.3 is 0 Å². The lowest BCUT2D eigenvalue weighted by Gasteiger charge is -2.13. The van der Waals surface area contributed by atoms with Crippen LogP contribution in [-0.2, 0) is 11.2 Å². The minimum absolute atomic E-state index is 0.000993. The number of nitrogens with one attached hydrogen (secondary N) is 1. The molecular weight excluding hydrogens is 394 g/mol. The van der Waals surface area contributed by atoms with E-state index in [9.17, 15) is 4.79 Å². The molecule has 0 aliphatic heterocycles. The fourth-order valence-corrected chi connectivity index (χ4v) is 3.24. The second-order valence-corrected chi connectivity index (χ2v) is 7.48. The molecule has 0 saturated heterocycles. The highest BCUT2D eigenvalue weighted by Gasteiger charge is 2.20. The van der Waals surface area contributed by atoms with Gasteiger partial charge in [-0.15, -0.1) is 0 Å². The van der Waals surface area contributed by atoms with Crippen LogP contribution in [0.3, 0.4) is 0 Å². The van der Waals surface area contributed by atoms with Crippen LogP contribution in [0.5, 0.6) is 23.1 Å². The molecule has 0 atom stereocenters. The lowest BCUT2D eigenvalue weighted by molar-refractivity contribution is -0.121. The van der Waals surface area contributed by atoms with Crippen LogP contribution < -0.4 is 19.5 Å². The molecule has 2 aromatic carbocycles. The first-order valence-electron chi connectivity index (χ1n) is 10.3. The second kappa shape index (κ2) is 10.0. The van der Waals surface area contributed by atoms with Crippen LogP contribution in [-0.4, -0.2) is 35.9 Å². The molecule has 7 nitrogen and oxygen atoms in total. The number of carbonyl (C=O) groups excluding carboxylic acids is 1. The number of hydrogen-bond acceptors (Lipinski definition) is 5. The second-order valence-electron chi connectivity index (χ2n) is 7.48. The number of aryl methyl sites for hydroxylation is 1. The van der Waals surface area contributed by atoms with Crippen LogP contribution >= 0.6 is 0 Å². The summed E-state index contributed by atoms with van der Waals surface area (Å²) in [5, 5.41) is 7.63. The average Bonchev–Trinajstić information content (AvgIpc) is 3.07. The van der Waals surface area contributed by atoms with Crippen molar-refractivity contribution in [2.24, 2.45) is 0 Å². The Hall–Kier alpha value is -3.48. The minimum Gasteiger partial charge on any atom is -0.497 e. The molecule has 3 aromatic rings. The van der Waals surface area contributed by atoms with Gasteiger partial charge in [-0.3, -0.25) is 4.79 Å². The van der Waals surface area contributed by atoms with Gasteiger partial charge in [0.25, 0.3) is 0 Å². The van der Waals surface area contributed by atoms with Gasteiger partial charge in [-0.2, -0.15) is 5.10 Å². The third-order valence-corrected chi connectivity index (χ3v) is 4.76. The highest BCUT2D eigenvalue weighted by molar-refractivity contribution is 5.76. The lowest BCUT2D eigenvalue weighted by Crippen LogP contribution is -2.30. The molecular formula is C24H29N3O4. The Kier molecular flexibility index (Phi) is 7.18. The van der Waals surface area contributed by atoms with Crippen molar-refractivity contribution in [3.8, 4) is 28.8 Å². The summed E-state index contributed by atoms with van der Waals surface area (Å²) in [7, 11) is 3.24. The SMILES string of the molecule is COc1ccc(-n2nc(C)c(CCC(=O)NC(C)C)c2Oc2cccc(OC)c2)cc1. The fraction of sp³-hybridized carbons (Fsp3) is 0.333. The van der Waals surface area contributed by atoms with E-state index in [1.807, 2.05) is 69.3 Å². The van der Waals surface area contributed by atoms with Crippen LogP contribution in [0.2, 0.25) is 0 Å². The van der Waals surface area contributed by atoms with Crippen molar-refractivity contribution in [3.63, 3.8) is 0 Å². The van der Waals surface area contributed by atoms with E-state index in [-0.39, 0.29) is 11.9 Å². The van der Waals surface area contributed by atoms with E-state index in [1.165, 1.54) is 0 Å². The number of hydrogen-bond donors (Lipinski definition) is 1. The Morgan fingerprint density at radius 1 is 1.03 bits per heavy atom. The molecule has 0 aliphatic rings. The fourth-order valence-electron chi connectivity index (χ4n) is 3.24. The predicted molar refractivity (Wildman–Crippen MR) is 120 cm³/mol. The topological polar surface area (TPSA) is 74.6 Å². The molecule has 0 spiro atoms. The van der Waals surface area contributed by atoms with Crippen LogP contribution in [0.25, 0.3) is 5.69 Å². The summed E-state index contributed by atoms with van der Waals surface area (Å²) in [5.41, 5.74) is 2.53. The molecule has 1 aromatic heterocycles. The van der Waals surface area contributed by atoms with E-state index in [0.29, 0.717) is 30.2 Å². The zero-order valence-corrected chi connectivity index (χ0v) is 18.6. The average molecular weight is 424 g/mol. The number of amides is 1. The maximum Gasteiger partial charge on any atom is 0.226 e. The Bertz CT molecular complexity index is 1030. The molecule has 0 saturated carbocycles. The number of methoxy groups -OCH3 is 2. The first kappa shape index (κ1) is 22.2. The third-order valence-electron chi connectivity index (χ3n) is 4.76. The number of rotatable bonds is 9. The summed E-state index contributed by atoms with van der Waals surface area (Å²) in [6.07, 6.45) is 0.863. The van der Waals surface area contributed by atoms with Gasteiger partial charge in [0, 0.05) is 24.1 Å². The number of ether oxygens (including phenoxy) is 3. The summed E-state index contributed by atoms with van der Waals surface area (Å²) < 4.78 is 18.6. The molecule has 1 heterocycles. The van der Waals surface area contributed by atoms with Crippen molar-refractivity contribution in [2.75, 3.05) is 14.2 Å². The summed E-state index contributed by atoms with van der Waals surface area (Å²) in [5.74, 6) is 2.66. The molecule has 7 heteroatoms. The van der Waals surface area contributed by atoms with Crippen LogP contribution in [0.4, 0.5) is 0 Å². The highest BCUT2D eigenvalue weighted by atomic mass is 16.5. The largest absolute Gasteiger partial charge is 0.497 e. The van der Waals surface area contributed by atoms with Gasteiger partial charge in [-0.05, 0) is 63.6 Å². The molecule has 0 unspecified atom stereocenters. The molecule has 164 valence electrons. The van der Waals surface area contributed by atoms with Crippen LogP contribution in [0.1, 0.15) is 31.5 Å². The van der Waals surface area contributed by atoms with E-state index in [1.54, 1.807) is 18.9 Å². The van der Waals surface area contributed by atoms with Crippen molar-refractivity contribution < 1.29 is 19.0 Å². The van der Waals surface area contributed by atoms with E-state index < -0.39 is 0 Å². The van der Waals surface area contributed by atoms with E-state index in [4.69, 9.17) is 19.3 Å². The summed E-state index contributed by atoms with van der Waals surface area (Å²) in [6, 6.07) is 15.1. The molecule has 31 heavy (non-hydrogen) atoms. The summed E-state index contributed by atoms with van der Waals surface area (Å²) in [4.78, 5) is 12.2. The Balaban J connectivity index is 1.98. The number of aromatic nitrogens is 2. The Labute approximate surface area is 182 Å². The van der Waals surface area contributed by atoms with Crippen molar-refractivity contribution in [2.45, 2.75) is 39.7 Å². The van der Waals surface area contributed by atoms with Crippen LogP contribution in [0.15, 0.2) is 48.5 Å². The zero-order valence-electron chi connectivity index (χ0n) is 18.6. The maximum absolute atomic E-state index is 12.2. The van der Waals surface area contributed by atoms with Gasteiger partial charge in [0.2, 0.25) is 11.8 Å². The van der Waals surface area contributed by atoms with Crippen molar-refractivity contribution in [1.82, 2.24) is 15.1 Å². The van der Waals surface area contributed by atoms with Gasteiger partial charge in [-0.25, -0.2) is 4.68 Å². The molecule has 0 bridgehead atoms. The third kappa shape index (κ3) is 5.57. The maximum atomic E-state index is 12.2. The number of nitrogens with zero attached hydrogens (tertiary/aromatic N) is 2. The predicted octanol–water partition coefficient (Wildman–Crippen LogP) is 4.45. The van der Waals surface area contributed by atoms with Gasteiger partial charge in [-0.1, -0.05) is 6.07 Å². The van der Waals surface area contributed by atoms with Gasteiger partial charge in [0.05, 0.1) is 25.6 Å². The van der Waals surface area contributed by atoms with Crippen molar-refractivity contribution in [1.29, 1.82) is 0 Å². The van der Waals surface area contributed by atoms with Crippen LogP contribution in [0, 0.1) is 6.92 Å². The van der Waals surface area contributed by atoms with Gasteiger partial charge < -0.3 is 19.5 Å². The Morgan fingerprint density at radius 2 is 1.71 bits per heavy atom. The minimum atomic E-state index is -0.000993. The molecule has 0 fully saturated rings. The summed E-state index contributed by atoms with van der Waals surface area (Å²) in [6.45, 7) is 5.82. The quantitative estimate of drug-likeness (QED) is 0.550. The smallest absolute Gasteiger partial charge is 0.226 e.